The van der Waals surface area contributed by atoms with E-state index in [4.69, 9.17) is 14.0 Å². The number of benzene rings is 2. The lowest BCUT2D eigenvalue weighted by atomic mass is 9.99. The minimum Gasteiger partial charge on any atom is -0.497 e. The van der Waals surface area contributed by atoms with Gasteiger partial charge in [0, 0.05) is 25.2 Å². The number of rotatable bonds is 9. The molecule has 1 aliphatic heterocycles. The lowest BCUT2D eigenvalue weighted by Crippen LogP contribution is -2.50. The minimum absolute atomic E-state index is 0.0185. The van der Waals surface area contributed by atoms with Gasteiger partial charge in [0.05, 0.1) is 36.8 Å². The zero-order valence-corrected chi connectivity index (χ0v) is 25.8. The SMILES string of the molecule is COc1ccc(S(=O)(=O)Nc2ccc3c(c2)C(=O)N([C@H](C)CO)C[C@@H](C)[C@@H](CN(C)C(=O)Nc2c(C)noc2C)O3)cc1. The zero-order chi connectivity index (χ0) is 31.5. The van der Waals surface area contributed by atoms with Gasteiger partial charge in [-0.3, -0.25) is 9.52 Å². The zero-order valence-electron chi connectivity index (χ0n) is 24.9. The minimum atomic E-state index is -3.98. The Kier molecular flexibility index (Phi) is 9.50. The quantitative estimate of drug-likeness (QED) is 0.327. The van der Waals surface area contributed by atoms with Crippen LogP contribution in [0.15, 0.2) is 51.9 Å². The molecule has 3 amide bonds. The number of aryl methyl sites for hydroxylation is 2. The Morgan fingerprint density at radius 1 is 1.23 bits per heavy atom. The average molecular weight is 616 g/mol. The first-order valence-electron chi connectivity index (χ1n) is 13.7. The van der Waals surface area contributed by atoms with Gasteiger partial charge >= 0.3 is 6.03 Å². The number of methoxy groups -OCH3 is 1. The molecule has 3 aromatic rings. The highest BCUT2D eigenvalue weighted by atomic mass is 32.2. The Labute approximate surface area is 250 Å². The largest absolute Gasteiger partial charge is 0.497 e. The van der Waals surface area contributed by atoms with E-state index in [1.807, 2.05) is 6.92 Å². The molecule has 0 spiro atoms. The second kappa shape index (κ2) is 12.9. The number of likely N-dealkylation sites (N-methyl/N-ethyl adjacent to an activating group) is 1. The summed E-state index contributed by atoms with van der Waals surface area (Å²) >= 11 is 0. The van der Waals surface area contributed by atoms with E-state index >= 15 is 0 Å². The summed E-state index contributed by atoms with van der Waals surface area (Å²) in [7, 11) is -0.870. The van der Waals surface area contributed by atoms with Gasteiger partial charge < -0.3 is 34.2 Å². The van der Waals surface area contributed by atoms with Crippen molar-refractivity contribution in [3.8, 4) is 11.5 Å². The number of anilines is 2. The molecule has 1 aliphatic rings. The summed E-state index contributed by atoms with van der Waals surface area (Å²) in [5, 5.41) is 16.6. The van der Waals surface area contributed by atoms with E-state index in [9.17, 15) is 23.1 Å². The normalized spacial score (nSPS) is 17.7. The van der Waals surface area contributed by atoms with Gasteiger partial charge in [0.25, 0.3) is 15.9 Å². The van der Waals surface area contributed by atoms with Gasteiger partial charge in [-0.1, -0.05) is 12.1 Å². The van der Waals surface area contributed by atoms with Crippen LogP contribution in [0, 0.1) is 19.8 Å². The molecule has 232 valence electrons. The van der Waals surface area contributed by atoms with Crippen LogP contribution >= 0.6 is 0 Å². The predicted octanol–water partition coefficient (Wildman–Crippen LogP) is 3.48. The number of aliphatic hydroxyl groups is 1. The summed E-state index contributed by atoms with van der Waals surface area (Å²) in [4.78, 5) is 29.8. The van der Waals surface area contributed by atoms with Gasteiger partial charge in [-0.15, -0.1) is 0 Å². The Balaban J connectivity index is 1.62. The summed E-state index contributed by atoms with van der Waals surface area (Å²) < 4.78 is 45.2. The van der Waals surface area contributed by atoms with Crippen LogP contribution in [-0.4, -0.2) is 86.4 Å². The summed E-state index contributed by atoms with van der Waals surface area (Å²) in [6.45, 7) is 7.17. The van der Waals surface area contributed by atoms with Gasteiger partial charge in [-0.2, -0.15) is 0 Å². The molecule has 43 heavy (non-hydrogen) atoms. The molecule has 1 aromatic heterocycles. The van der Waals surface area contributed by atoms with Crippen LogP contribution in [0.5, 0.6) is 11.5 Å². The Bertz CT molecular complexity index is 1550. The number of aliphatic hydroxyl groups excluding tert-OH is 1. The van der Waals surface area contributed by atoms with Crippen molar-refractivity contribution >= 4 is 33.3 Å². The number of amides is 3. The molecular weight excluding hydrogens is 578 g/mol. The number of urea groups is 1. The number of nitrogens with zero attached hydrogens (tertiary/aromatic N) is 3. The first-order chi connectivity index (χ1) is 20.3. The van der Waals surface area contributed by atoms with Crippen molar-refractivity contribution in [3.63, 3.8) is 0 Å². The molecular formula is C29H37N5O8S. The fraction of sp³-hybridized carbons (Fsp3) is 0.414. The molecule has 0 radical (unpaired) electrons. The van der Waals surface area contributed by atoms with Crippen LogP contribution in [0.3, 0.4) is 0 Å². The van der Waals surface area contributed by atoms with Gasteiger partial charge in [-0.25, -0.2) is 13.2 Å². The van der Waals surface area contributed by atoms with Gasteiger partial charge in [0.15, 0.2) is 5.76 Å². The second-order valence-electron chi connectivity index (χ2n) is 10.6. The van der Waals surface area contributed by atoms with Crippen molar-refractivity contribution in [3.05, 3.63) is 59.5 Å². The molecule has 0 bridgehead atoms. The monoisotopic (exact) mass is 615 g/mol. The van der Waals surface area contributed by atoms with Crippen molar-refractivity contribution in [2.75, 3.05) is 43.9 Å². The molecule has 4 rings (SSSR count). The highest BCUT2D eigenvalue weighted by molar-refractivity contribution is 7.92. The number of aromatic nitrogens is 1. The lowest BCUT2D eigenvalue weighted by Gasteiger charge is -2.38. The molecule has 2 heterocycles. The highest BCUT2D eigenvalue weighted by Gasteiger charge is 2.34. The number of fused-ring (bicyclic) bond motifs is 1. The molecule has 0 fully saturated rings. The van der Waals surface area contributed by atoms with Crippen LogP contribution < -0.4 is 19.5 Å². The van der Waals surface area contributed by atoms with Crippen molar-refractivity contribution in [1.29, 1.82) is 0 Å². The fourth-order valence-electron chi connectivity index (χ4n) is 4.69. The van der Waals surface area contributed by atoms with Crippen molar-refractivity contribution in [1.82, 2.24) is 15.0 Å². The molecule has 3 N–H and O–H groups in total. The standard InChI is InChI=1S/C29H37N5O8S/c1-17-14-34(18(2)16-35)28(36)24-13-21(32-43(38,39)23-10-8-22(40-6)9-11-23)7-12-25(24)41-26(17)15-33(5)29(37)30-27-19(3)31-42-20(27)4/h7-13,17-18,26,32,35H,14-16H2,1-6H3,(H,30,37)/t17-,18-,26-/m1/s1. The molecule has 0 unspecified atom stereocenters. The van der Waals surface area contributed by atoms with Gasteiger partial charge in [-0.05, 0) is 63.2 Å². The van der Waals surface area contributed by atoms with Crippen molar-refractivity contribution in [2.24, 2.45) is 5.92 Å². The topological polar surface area (TPSA) is 164 Å². The number of carbonyl (C=O) groups excluding carboxylic acids is 2. The smallest absolute Gasteiger partial charge is 0.321 e. The van der Waals surface area contributed by atoms with E-state index in [1.165, 1.54) is 59.4 Å². The summed E-state index contributed by atoms with van der Waals surface area (Å²) in [6, 6.07) is 9.42. The maximum Gasteiger partial charge on any atom is 0.321 e. The number of sulfonamides is 1. The molecule has 3 atom stereocenters. The Morgan fingerprint density at radius 2 is 1.93 bits per heavy atom. The average Bonchev–Trinajstić information content (AvgIpc) is 3.30. The van der Waals surface area contributed by atoms with E-state index in [1.54, 1.807) is 27.8 Å². The van der Waals surface area contributed by atoms with Gasteiger partial charge in [0.1, 0.15) is 29.0 Å². The van der Waals surface area contributed by atoms with E-state index < -0.39 is 34.1 Å². The van der Waals surface area contributed by atoms with Crippen molar-refractivity contribution < 1.29 is 37.1 Å². The number of hydrogen-bond donors (Lipinski definition) is 3. The summed E-state index contributed by atoms with van der Waals surface area (Å²) in [5.74, 6) is 0.556. The molecule has 0 saturated heterocycles. The summed E-state index contributed by atoms with van der Waals surface area (Å²) in [6.07, 6.45) is -0.553. The molecule has 13 nitrogen and oxygen atoms in total. The van der Waals surface area contributed by atoms with E-state index in [0.29, 0.717) is 22.9 Å². The maximum absolute atomic E-state index is 13.7. The first kappa shape index (κ1) is 31.6. The molecule has 2 aromatic carbocycles. The van der Waals surface area contributed by atoms with Crippen LogP contribution in [0.1, 0.15) is 35.7 Å². The van der Waals surface area contributed by atoms with Crippen LogP contribution in [0.25, 0.3) is 0 Å². The van der Waals surface area contributed by atoms with Gasteiger partial charge in [0.2, 0.25) is 0 Å². The fourth-order valence-corrected chi connectivity index (χ4v) is 5.74. The lowest BCUT2D eigenvalue weighted by molar-refractivity contribution is 0.0371. The van der Waals surface area contributed by atoms with E-state index in [-0.39, 0.29) is 47.5 Å². The number of hydrogen-bond acceptors (Lipinski definition) is 9. The number of nitrogens with one attached hydrogen (secondary N) is 2. The maximum atomic E-state index is 13.7. The van der Waals surface area contributed by atoms with Crippen LogP contribution in [0.2, 0.25) is 0 Å². The molecule has 14 heteroatoms. The summed E-state index contributed by atoms with van der Waals surface area (Å²) in [5.41, 5.74) is 1.32. The molecule has 0 saturated carbocycles. The third kappa shape index (κ3) is 7.03. The molecule has 0 aliphatic carbocycles. The second-order valence-corrected chi connectivity index (χ2v) is 12.3. The van der Waals surface area contributed by atoms with Crippen LogP contribution in [-0.2, 0) is 10.0 Å². The Morgan fingerprint density at radius 3 is 2.53 bits per heavy atom. The number of carbonyl (C=O) groups is 2. The van der Waals surface area contributed by atoms with E-state index in [2.05, 4.69) is 15.2 Å². The third-order valence-electron chi connectivity index (χ3n) is 7.35. The predicted molar refractivity (Wildman–Crippen MR) is 159 cm³/mol. The van der Waals surface area contributed by atoms with Crippen molar-refractivity contribution in [2.45, 2.75) is 44.7 Å². The van der Waals surface area contributed by atoms with E-state index in [0.717, 1.165) is 0 Å². The van der Waals surface area contributed by atoms with Crippen LogP contribution in [0.4, 0.5) is 16.2 Å². The first-order valence-corrected chi connectivity index (χ1v) is 15.2. The highest BCUT2D eigenvalue weighted by Crippen LogP contribution is 2.32. The number of ether oxygens (including phenoxy) is 2. The Hall–Kier alpha value is -4.30. The third-order valence-corrected chi connectivity index (χ3v) is 8.75.